The predicted octanol–water partition coefficient (Wildman–Crippen LogP) is 4.34. The number of aromatic nitrogens is 6. The van der Waals surface area contributed by atoms with Gasteiger partial charge in [-0.3, -0.25) is 0 Å². The van der Waals surface area contributed by atoms with E-state index < -0.39 is 12.3 Å². The van der Waals surface area contributed by atoms with E-state index in [9.17, 15) is 4.39 Å². The van der Waals surface area contributed by atoms with Crippen molar-refractivity contribution in [2.75, 3.05) is 32.6 Å². The number of fused-ring (bicyclic) bond motifs is 2. The summed E-state index contributed by atoms with van der Waals surface area (Å²) in [5, 5.41) is 8.03. The topological polar surface area (TPSA) is 112 Å². The summed E-state index contributed by atoms with van der Waals surface area (Å²) in [4.78, 5) is 19.3. The van der Waals surface area contributed by atoms with E-state index in [2.05, 4.69) is 30.4 Å². The van der Waals surface area contributed by atoms with Crippen LogP contribution in [0.2, 0.25) is 0 Å². The third-order valence-corrected chi connectivity index (χ3v) is 6.69. The van der Waals surface area contributed by atoms with Gasteiger partial charge in [-0.1, -0.05) is 0 Å². The van der Waals surface area contributed by atoms with Crippen molar-refractivity contribution in [2.45, 2.75) is 25.6 Å². The molecule has 1 fully saturated rings. The Balaban J connectivity index is 1.30. The third-order valence-electron chi connectivity index (χ3n) is 6.69. The quantitative estimate of drug-likeness (QED) is 0.326. The molecule has 1 aliphatic heterocycles. The van der Waals surface area contributed by atoms with Gasteiger partial charge in [0.1, 0.15) is 42.8 Å². The summed E-state index contributed by atoms with van der Waals surface area (Å²) in [5.41, 5.74) is 2.94. The zero-order chi connectivity index (χ0) is 26.9. The smallest absolute Gasteiger partial charge is 0.224 e. The second-order valence-corrected chi connectivity index (χ2v) is 9.43. The number of piperidine rings is 1. The highest BCUT2D eigenvalue weighted by Gasteiger charge is 2.31. The van der Waals surface area contributed by atoms with Crippen molar-refractivity contribution in [1.29, 1.82) is 0 Å². The number of ether oxygens (including phenoxy) is 3. The maximum absolute atomic E-state index is 14.9. The standard InChI is InChI=1S/C27H27FN8O3/c1-16-10-17(4-6-20(16)38-24-11-23-30-14-33-36(23)15-32-24)34-27-25-19(29-13-31-27)5-7-22(37-3)26(25)39-21-8-9-35(2)12-18(21)28/h4-7,10-11,13-15,18,21H,8-9,12H2,1-3H3,(H,29,31,34)/t18-,21+/m0/s1. The van der Waals surface area contributed by atoms with Gasteiger partial charge in [0, 0.05) is 24.8 Å². The Morgan fingerprint density at radius 3 is 2.72 bits per heavy atom. The minimum Gasteiger partial charge on any atom is -0.493 e. The van der Waals surface area contributed by atoms with E-state index in [1.807, 2.05) is 43.1 Å². The van der Waals surface area contributed by atoms with E-state index in [1.54, 1.807) is 30.1 Å². The largest absolute Gasteiger partial charge is 0.493 e. The molecule has 0 aliphatic carbocycles. The maximum atomic E-state index is 14.9. The molecule has 11 nitrogen and oxygen atoms in total. The number of aryl methyl sites for hydroxylation is 1. The number of nitrogens with one attached hydrogen (secondary N) is 1. The Hall–Kier alpha value is -4.58. The van der Waals surface area contributed by atoms with Crippen molar-refractivity contribution in [3.63, 3.8) is 0 Å². The fourth-order valence-corrected chi connectivity index (χ4v) is 4.65. The molecule has 3 aromatic heterocycles. The Labute approximate surface area is 223 Å². The molecule has 39 heavy (non-hydrogen) atoms. The van der Waals surface area contributed by atoms with Gasteiger partial charge in [0.15, 0.2) is 17.1 Å². The molecule has 200 valence electrons. The van der Waals surface area contributed by atoms with Crippen molar-refractivity contribution in [3.05, 3.63) is 60.9 Å². The predicted molar refractivity (Wildman–Crippen MR) is 143 cm³/mol. The molecule has 0 saturated carbocycles. The monoisotopic (exact) mass is 530 g/mol. The number of rotatable bonds is 7. The molecule has 12 heteroatoms. The first-order valence-electron chi connectivity index (χ1n) is 12.5. The fourth-order valence-electron chi connectivity index (χ4n) is 4.65. The number of likely N-dealkylation sites (tertiary alicyclic amines) is 1. The second kappa shape index (κ2) is 10.3. The molecule has 6 rings (SSSR count). The minimum absolute atomic E-state index is 0.315. The van der Waals surface area contributed by atoms with Crippen molar-refractivity contribution in [1.82, 2.24) is 34.4 Å². The Bertz CT molecular complexity index is 1640. The van der Waals surface area contributed by atoms with Crippen LogP contribution in [-0.4, -0.2) is 74.0 Å². The summed E-state index contributed by atoms with van der Waals surface area (Å²) in [5.74, 6) is 2.48. The van der Waals surface area contributed by atoms with Crippen molar-refractivity contribution >= 4 is 28.1 Å². The third kappa shape index (κ3) is 4.98. The first kappa shape index (κ1) is 24.7. The zero-order valence-corrected chi connectivity index (χ0v) is 21.7. The van der Waals surface area contributed by atoms with Crippen LogP contribution in [0.5, 0.6) is 23.1 Å². The molecule has 0 radical (unpaired) electrons. The highest BCUT2D eigenvalue weighted by atomic mass is 19.1. The molecule has 1 saturated heterocycles. The fraction of sp³-hybridized carbons (Fsp3) is 0.296. The number of anilines is 2. The molecular weight excluding hydrogens is 503 g/mol. The summed E-state index contributed by atoms with van der Waals surface area (Å²) in [6.07, 6.45) is 3.32. The lowest BCUT2D eigenvalue weighted by molar-refractivity contribution is 0.0308. The molecule has 0 amide bonds. The van der Waals surface area contributed by atoms with Crippen LogP contribution in [-0.2, 0) is 0 Å². The van der Waals surface area contributed by atoms with Crippen LogP contribution in [0.15, 0.2) is 55.4 Å². The van der Waals surface area contributed by atoms with E-state index in [0.29, 0.717) is 58.5 Å². The van der Waals surface area contributed by atoms with Crippen molar-refractivity contribution < 1.29 is 18.6 Å². The van der Waals surface area contributed by atoms with Crippen LogP contribution >= 0.6 is 0 Å². The van der Waals surface area contributed by atoms with Gasteiger partial charge in [-0.05, 0) is 56.3 Å². The molecular formula is C27H27FN8O3. The minimum atomic E-state index is -1.13. The van der Waals surface area contributed by atoms with Gasteiger partial charge >= 0.3 is 0 Å². The van der Waals surface area contributed by atoms with Gasteiger partial charge in [-0.25, -0.2) is 28.8 Å². The second-order valence-electron chi connectivity index (χ2n) is 9.43. The van der Waals surface area contributed by atoms with Gasteiger partial charge in [-0.2, -0.15) is 5.10 Å². The highest BCUT2D eigenvalue weighted by molar-refractivity contribution is 5.97. The zero-order valence-electron chi connectivity index (χ0n) is 21.7. The highest BCUT2D eigenvalue weighted by Crippen LogP contribution is 2.41. The summed E-state index contributed by atoms with van der Waals surface area (Å²) in [6.45, 7) is 3.00. The normalized spacial score (nSPS) is 17.8. The number of hydrogen-bond donors (Lipinski definition) is 1. The molecule has 0 spiro atoms. The Morgan fingerprint density at radius 1 is 1.03 bits per heavy atom. The van der Waals surface area contributed by atoms with Crippen LogP contribution in [0.25, 0.3) is 16.6 Å². The van der Waals surface area contributed by atoms with Gasteiger partial charge in [0.05, 0.1) is 18.0 Å². The van der Waals surface area contributed by atoms with E-state index in [4.69, 9.17) is 14.2 Å². The van der Waals surface area contributed by atoms with E-state index in [1.165, 1.54) is 12.7 Å². The number of benzene rings is 2. The van der Waals surface area contributed by atoms with Gasteiger partial charge < -0.3 is 24.4 Å². The Kier molecular flexibility index (Phi) is 6.53. The average molecular weight is 531 g/mol. The van der Waals surface area contributed by atoms with E-state index in [0.717, 1.165) is 17.8 Å². The number of halogens is 1. The Morgan fingerprint density at radius 2 is 1.90 bits per heavy atom. The number of alkyl halides is 1. The lowest BCUT2D eigenvalue weighted by atomic mass is 10.1. The van der Waals surface area contributed by atoms with E-state index >= 15 is 0 Å². The molecule has 4 heterocycles. The average Bonchev–Trinajstić information content (AvgIpc) is 3.40. The molecule has 5 aromatic rings. The van der Waals surface area contributed by atoms with Gasteiger partial charge in [0.2, 0.25) is 5.88 Å². The van der Waals surface area contributed by atoms with Gasteiger partial charge in [-0.15, -0.1) is 0 Å². The van der Waals surface area contributed by atoms with Crippen LogP contribution in [0.3, 0.4) is 0 Å². The summed E-state index contributed by atoms with van der Waals surface area (Å²) >= 11 is 0. The molecule has 0 bridgehead atoms. The molecule has 1 aliphatic rings. The molecule has 2 aromatic carbocycles. The molecule has 0 unspecified atom stereocenters. The summed E-state index contributed by atoms with van der Waals surface area (Å²) in [6, 6.07) is 11.0. The van der Waals surface area contributed by atoms with Crippen molar-refractivity contribution in [2.24, 2.45) is 0 Å². The van der Waals surface area contributed by atoms with E-state index in [-0.39, 0.29) is 0 Å². The van der Waals surface area contributed by atoms with Crippen LogP contribution in [0.4, 0.5) is 15.9 Å². The molecule has 1 N–H and O–H groups in total. The van der Waals surface area contributed by atoms with Crippen molar-refractivity contribution in [3.8, 4) is 23.1 Å². The van der Waals surface area contributed by atoms with Crippen LogP contribution < -0.4 is 19.5 Å². The number of methoxy groups -OCH3 is 1. The number of nitrogens with zero attached hydrogens (tertiary/aromatic N) is 7. The van der Waals surface area contributed by atoms with Gasteiger partial charge in [0.25, 0.3) is 0 Å². The lowest BCUT2D eigenvalue weighted by Gasteiger charge is -2.33. The summed E-state index contributed by atoms with van der Waals surface area (Å²) in [7, 11) is 3.46. The first-order valence-corrected chi connectivity index (χ1v) is 12.5. The lowest BCUT2D eigenvalue weighted by Crippen LogP contribution is -2.45. The van der Waals surface area contributed by atoms with Crippen LogP contribution in [0.1, 0.15) is 12.0 Å². The SMILES string of the molecule is COc1ccc2ncnc(Nc3ccc(Oc4cc5ncnn5cn4)c(C)c3)c2c1O[C@@H]1CCN(C)C[C@@H]1F. The molecule has 2 atom stereocenters. The number of hydrogen-bond acceptors (Lipinski definition) is 10. The maximum Gasteiger partial charge on any atom is 0.224 e. The first-order chi connectivity index (χ1) is 19.0. The summed E-state index contributed by atoms with van der Waals surface area (Å²) < 4.78 is 34.3. The van der Waals surface area contributed by atoms with Crippen LogP contribution in [0, 0.1) is 6.92 Å².